The van der Waals surface area contributed by atoms with E-state index in [4.69, 9.17) is 11.5 Å². The Hall–Kier alpha value is -0.570. The third-order valence-electron chi connectivity index (χ3n) is 3.54. The van der Waals surface area contributed by atoms with E-state index in [-0.39, 0.29) is 11.4 Å². The van der Waals surface area contributed by atoms with Gasteiger partial charge in [-0.3, -0.25) is 4.79 Å². The lowest BCUT2D eigenvalue weighted by Crippen LogP contribution is -2.60. The number of hydrogen-bond acceptors (Lipinski definition) is 2. The maximum absolute atomic E-state index is 10.7. The second kappa shape index (κ2) is 2.46. The van der Waals surface area contributed by atoms with Crippen LogP contribution in [0.4, 0.5) is 0 Å². The predicted molar refractivity (Wildman–Crippen MR) is 46.2 cm³/mol. The number of fused-ring (bicyclic) bond motifs is 1. The summed E-state index contributed by atoms with van der Waals surface area (Å²) in [6, 6.07) is 0. The van der Waals surface area contributed by atoms with Gasteiger partial charge in [-0.15, -0.1) is 0 Å². The summed E-state index contributed by atoms with van der Waals surface area (Å²) < 4.78 is 0. The standard InChI is InChI=1S/C9H16N2O/c10-8(12)5-9(11)4-6-2-1-3-7(6)9/h6-7H,1-5,11H2,(H2,10,12)/t6-,7-,9?/m0/s1. The summed E-state index contributed by atoms with van der Waals surface area (Å²) in [6.07, 6.45) is 5.19. The monoisotopic (exact) mass is 168 g/mol. The first-order valence-electron chi connectivity index (χ1n) is 4.69. The zero-order chi connectivity index (χ0) is 8.77. The second-order valence-electron chi connectivity index (χ2n) is 4.38. The van der Waals surface area contributed by atoms with E-state index in [1.165, 1.54) is 19.3 Å². The van der Waals surface area contributed by atoms with Gasteiger partial charge in [0, 0.05) is 12.0 Å². The Morgan fingerprint density at radius 3 is 2.83 bits per heavy atom. The van der Waals surface area contributed by atoms with Gasteiger partial charge in [-0.1, -0.05) is 12.8 Å². The van der Waals surface area contributed by atoms with Crippen LogP contribution in [0.3, 0.4) is 0 Å². The van der Waals surface area contributed by atoms with Crippen molar-refractivity contribution < 1.29 is 4.79 Å². The van der Waals surface area contributed by atoms with Gasteiger partial charge >= 0.3 is 0 Å². The summed E-state index contributed by atoms with van der Waals surface area (Å²) in [6.45, 7) is 0. The van der Waals surface area contributed by atoms with E-state index < -0.39 is 0 Å². The molecule has 2 fully saturated rings. The Kier molecular flexibility index (Phi) is 1.65. The molecule has 68 valence electrons. The maximum atomic E-state index is 10.7. The summed E-state index contributed by atoms with van der Waals surface area (Å²) in [5, 5.41) is 0. The molecular weight excluding hydrogens is 152 g/mol. The van der Waals surface area contributed by atoms with E-state index in [0.29, 0.717) is 12.3 Å². The van der Waals surface area contributed by atoms with Crippen LogP contribution in [0, 0.1) is 11.8 Å². The summed E-state index contributed by atoms with van der Waals surface area (Å²) in [5.74, 6) is 1.14. The van der Waals surface area contributed by atoms with Crippen molar-refractivity contribution in [1.82, 2.24) is 0 Å². The lowest BCUT2D eigenvalue weighted by atomic mass is 9.59. The Morgan fingerprint density at radius 1 is 1.50 bits per heavy atom. The maximum Gasteiger partial charge on any atom is 0.219 e. The molecule has 0 aromatic rings. The van der Waals surface area contributed by atoms with Crippen LogP contribution in [0.15, 0.2) is 0 Å². The quantitative estimate of drug-likeness (QED) is 0.625. The molecule has 0 heterocycles. The number of carbonyl (C=O) groups excluding carboxylic acids is 1. The van der Waals surface area contributed by atoms with Crippen molar-refractivity contribution in [2.24, 2.45) is 23.3 Å². The third kappa shape index (κ3) is 1.04. The zero-order valence-electron chi connectivity index (χ0n) is 7.25. The first-order valence-corrected chi connectivity index (χ1v) is 4.69. The fourth-order valence-corrected chi connectivity index (χ4v) is 3.04. The average molecular weight is 168 g/mol. The van der Waals surface area contributed by atoms with Crippen molar-refractivity contribution in [1.29, 1.82) is 0 Å². The molecule has 4 N–H and O–H groups in total. The van der Waals surface area contributed by atoms with Crippen molar-refractivity contribution in [3.8, 4) is 0 Å². The average Bonchev–Trinajstić information content (AvgIpc) is 2.29. The Morgan fingerprint density at radius 2 is 2.25 bits per heavy atom. The molecule has 1 amide bonds. The van der Waals surface area contributed by atoms with Crippen LogP contribution in [0.25, 0.3) is 0 Å². The number of carbonyl (C=O) groups is 1. The molecule has 0 radical (unpaired) electrons. The van der Waals surface area contributed by atoms with Crippen molar-refractivity contribution in [2.75, 3.05) is 0 Å². The first kappa shape index (κ1) is 8.05. The number of rotatable bonds is 2. The van der Waals surface area contributed by atoms with E-state index in [1.54, 1.807) is 0 Å². The molecular formula is C9H16N2O. The van der Waals surface area contributed by atoms with Crippen molar-refractivity contribution in [2.45, 2.75) is 37.6 Å². The van der Waals surface area contributed by atoms with Gasteiger partial charge in [-0.2, -0.15) is 0 Å². The molecule has 0 bridgehead atoms. The Labute approximate surface area is 72.5 Å². The highest BCUT2D eigenvalue weighted by Gasteiger charge is 2.53. The molecule has 2 saturated carbocycles. The van der Waals surface area contributed by atoms with Gasteiger partial charge in [0.25, 0.3) is 0 Å². The lowest BCUT2D eigenvalue weighted by molar-refractivity contribution is -0.121. The molecule has 1 unspecified atom stereocenters. The van der Waals surface area contributed by atoms with Crippen LogP contribution in [-0.2, 0) is 4.79 Å². The van der Waals surface area contributed by atoms with Crippen LogP contribution >= 0.6 is 0 Å². The summed E-state index contributed by atoms with van der Waals surface area (Å²) in [7, 11) is 0. The number of hydrogen-bond donors (Lipinski definition) is 2. The summed E-state index contributed by atoms with van der Waals surface area (Å²) in [4.78, 5) is 10.7. The second-order valence-corrected chi connectivity index (χ2v) is 4.38. The molecule has 12 heavy (non-hydrogen) atoms. The molecule has 0 aliphatic heterocycles. The van der Waals surface area contributed by atoms with E-state index >= 15 is 0 Å². The van der Waals surface area contributed by atoms with Crippen LogP contribution in [0.5, 0.6) is 0 Å². The number of primary amides is 1. The molecule has 2 aliphatic rings. The largest absolute Gasteiger partial charge is 0.370 e. The summed E-state index contributed by atoms with van der Waals surface area (Å²) >= 11 is 0. The van der Waals surface area contributed by atoms with E-state index in [2.05, 4.69) is 0 Å². The molecule has 3 nitrogen and oxygen atoms in total. The van der Waals surface area contributed by atoms with Crippen LogP contribution in [-0.4, -0.2) is 11.4 Å². The minimum Gasteiger partial charge on any atom is -0.370 e. The Balaban J connectivity index is 2.00. The molecule has 2 aliphatic carbocycles. The van der Waals surface area contributed by atoms with Crippen molar-refractivity contribution in [3.63, 3.8) is 0 Å². The van der Waals surface area contributed by atoms with E-state index in [1.807, 2.05) is 0 Å². The molecule has 2 rings (SSSR count). The predicted octanol–water partition coefficient (Wildman–Crippen LogP) is 0.379. The molecule has 0 aromatic carbocycles. The number of nitrogens with two attached hydrogens (primary N) is 2. The molecule has 3 atom stereocenters. The Bertz CT molecular complexity index is 217. The highest BCUT2D eigenvalue weighted by atomic mass is 16.1. The molecule has 3 heteroatoms. The van der Waals surface area contributed by atoms with E-state index in [0.717, 1.165) is 12.3 Å². The summed E-state index contributed by atoms with van der Waals surface area (Å²) in [5.41, 5.74) is 11.0. The van der Waals surface area contributed by atoms with Gasteiger partial charge in [0.15, 0.2) is 0 Å². The zero-order valence-corrected chi connectivity index (χ0v) is 7.25. The highest BCUT2D eigenvalue weighted by Crippen LogP contribution is 2.53. The topological polar surface area (TPSA) is 69.1 Å². The fourth-order valence-electron chi connectivity index (χ4n) is 3.04. The number of amides is 1. The van der Waals surface area contributed by atoms with Gasteiger partial charge < -0.3 is 11.5 Å². The van der Waals surface area contributed by atoms with Gasteiger partial charge in [0.1, 0.15) is 0 Å². The van der Waals surface area contributed by atoms with E-state index in [9.17, 15) is 4.79 Å². The van der Waals surface area contributed by atoms with Crippen LogP contribution in [0.2, 0.25) is 0 Å². The molecule has 0 aromatic heterocycles. The smallest absolute Gasteiger partial charge is 0.219 e. The van der Waals surface area contributed by atoms with Crippen LogP contribution < -0.4 is 11.5 Å². The minimum absolute atomic E-state index is 0.229. The normalized spacial score (nSPS) is 45.1. The third-order valence-corrected chi connectivity index (χ3v) is 3.54. The molecule has 0 spiro atoms. The molecule has 0 saturated heterocycles. The minimum atomic E-state index is -0.247. The van der Waals surface area contributed by atoms with Gasteiger partial charge in [0.2, 0.25) is 5.91 Å². The fraction of sp³-hybridized carbons (Fsp3) is 0.889. The van der Waals surface area contributed by atoms with Gasteiger partial charge in [-0.25, -0.2) is 0 Å². The first-order chi connectivity index (χ1) is 5.62. The van der Waals surface area contributed by atoms with Crippen molar-refractivity contribution >= 4 is 5.91 Å². The van der Waals surface area contributed by atoms with Crippen molar-refractivity contribution in [3.05, 3.63) is 0 Å². The highest BCUT2D eigenvalue weighted by molar-refractivity contribution is 5.75. The SMILES string of the molecule is NC(=O)CC1(N)C[C@@H]2CCC[C@@H]21. The van der Waals surface area contributed by atoms with Gasteiger partial charge in [-0.05, 0) is 24.7 Å². The van der Waals surface area contributed by atoms with Gasteiger partial charge in [0.05, 0.1) is 0 Å². The lowest BCUT2D eigenvalue weighted by Gasteiger charge is -2.49. The van der Waals surface area contributed by atoms with Crippen LogP contribution in [0.1, 0.15) is 32.1 Å².